The molecule has 0 amide bonds. The molecule has 2 heteroatoms. The second-order valence-corrected chi connectivity index (χ2v) is 6.06. The zero-order valence-electron chi connectivity index (χ0n) is 12.4. The van der Waals surface area contributed by atoms with Gasteiger partial charge in [0.2, 0.25) is 0 Å². The van der Waals surface area contributed by atoms with Gasteiger partial charge < -0.3 is 10.5 Å². The van der Waals surface area contributed by atoms with Crippen LogP contribution in [-0.4, -0.2) is 18.8 Å². The van der Waals surface area contributed by atoms with Gasteiger partial charge in [0.15, 0.2) is 0 Å². The van der Waals surface area contributed by atoms with Crippen LogP contribution in [-0.2, 0) is 4.74 Å². The lowest BCUT2D eigenvalue weighted by Crippen LogP contribution is -2.51. The fourth-order valence-corrected chi connectivity index (χ4v) is 3.36. The van der Waals surface area contributed by atoms with Crippen molar-refractivity contribution in [3.8, 4) is 0 Å². The molecular weight excluding hydrogens is 234 g/mol. The molecule has 1 saturated heterocycles. The van der Waals surface area contributed by atoms with Crippen LogP contribution in [0.4, 0.5) is 0 Å². The summed E-state index contributed by atoms with van der Waals surface area (Å²) < 4.78 is 5.99. The predicted molar refractivity (Wildman–Crippen MR) is 78.9 cm³/mol. The molecule has 1 heterocycles. The van der Waals surface area contributed by atoms with E-state index in [2.05, 4.69) is 49.9 Å². The summed E-state index contributed by atoms with van der Waals surface area (Å²) in [5.41, 5.74) is 5.63. The van der Waals surface area contributed by atoms with E-state index in [4.69, 9.17) is 4.74 Å². The van der Waals surface area contributed by atoms with E-state index in [0.29, 0.717) is 5.92 Å². The second-order valence-electron chi connectivity index (χ2n) is 6.06. The van der Waals surface area contributed by atoms with E-state index in [1.54, 1.807) is 0 Å². The first-order valence-corrected chi connectivity index (χ1v) is 7.66. The van der Waals surface area contributed by atoms with Gasteiger partial charge >= 0.3 is 0 Å². The number of benzene rings is 1. The zero-order valence-corrected chi connectivity index (χ0v) is 12.4. The molecule has 19 heavy (non-hydrogen) atoms. The largest absolute Gasteiger partial charge is 0.375 e. The number of ether oxygens (including phenoxy) is 1. The second kappa shape index (κ2) is 6.53. The van der Waals surface area contributed by atoms with Gasteiger partial charge in [0, 0.05) is 13.0 Å². The quantitative estimate of drug-likeness (QED) is 0.870. The lowest BCUT2D eigenvalue weighted by Gasteiger charge is -2.41. The van der Waals surface area contributed by atoms with Crippen molar-refractivity contribution >= 4 is 0 Å². The Bertz CT molecular complexity index is 378. The predicted octanol–water partition coefficient (Wildman–Crippen LogP) is 3.00. The minimum Gasteiger partial charge on any atom is -0.375 e. The highest BCUT2D eigenvalue weighted by molar-refractivity contribution is 5.20. The average Bonchev–Trinajstić information content (AvgIpc) is 2.46. The van der Waals surface area contributed by atoms with Crippen LogP contribution in [0, 0.1) is 5.92 Å². The summed E-state index contributed by atoms with van der Waals surface area (Å²) in [6.07, 6.45) is 4.67. The summed E-state index contributed by atoms with van der Waals surface area (Å²) in [5.74, 6) is 1.39. The maximum atomic E-state index is 5.99. The first-order chi connectivity index (χ1) is 9.18. The molecule has 2 nitrogen and oxygen atoms in total. The van der Waals surface area contributed by atoms with Crippen molar-refractivity contribution in [2.45, 2.75) is 51.0 Å². The van der Waals surface area contributed by atoms with Crippen LogP contribution in [0.1, 0.15) is 51.0 Å². The third kappa shape index (κ3) is 3.58. The lowest BCUT2D eigenvalue weighted by molar-refractivity contribution is -0.369. The van der Waals surface area contributed by atoms with Gasteiger partial charge in [-0.05, 0) is 43.6 Å². The molecule has 0 radical (unpaired) electrons. The Labute approximate surface area is 117 Å². The molecule has 0 aromatic heterocycles. The first-order valence-electron chi connectivity index (χ1n) is 7.66. The van der Waals surface area contributed by atoms with Crippen molar-refractivity contribution in [2.75, 3.05) is 13.2 Å². The van der Waals surface area contributed by atoms with Gasteiger partial charge in [-0.3, -0.25) is 0 Å². The van der Waals surface area contributed by atoms with Crippen LogP contribution in [0.5, 0.6) is 0 Å². The number of rotatable bonds is 5. The van der Waals surface area contributed by atoms with E-state index in [-0.39, 0.29) is 5.60 Å². The molecule has 0 saturated carbocycles. The number of hydrogen-bond donors (Lipinski definition) is 1. The summed E-state index contributed by atoms with van der Waals surface area (Å²) in [5, 5.41) is 0. The molecule has 0 bridgehead atoms. The van der Waals surface area contributed by atoms with Crippen molar-refractivity contribution in [1.82, 2.24) is 0 Å². The van der Waals surface area contributed by atoms with E-state index in [1.165, 1.54) is 24.8 Å². The maximum absolute atomic E-state index is 5.99. The van der Waals surface area contributed by atoms with Crippen LogP contribution < -0.4 is 5.73 Å². The molecule has 0 spiro atoms. The van der Waals surface area contributed by atoms with Gasteiger partial charge in [-0.25, -0.2) is 0 Å². The van der Waals surface area contributed by atoms with Crippen LogP contribution in [0.15, 0.2) is 30.3 Å². The van der Waals surface area contributed by atoms with Gasteiger partial charge in [-0.2, -0.15) is 0 Å². The standard InChI is InChI=1S/C17H27NO/c1-3-17(2)13-15(10-12-19-17)16(9-11-18)14-7-5-4-6-8-14/h4-8,15-16H,3,9-13,18H2,1-2H3/p+1/t15-,16-,17-/m0/s1. The molecule has 3 atom stereocenters. The average molecular weight is 262 g/mol. The smallest absolute Gasteiger partial charge is 0.0745 e. The summed E-state index contributed by atoms with van der Waals surface area (Å²) >= 11 is 0. The number of quaternary nitrogens is 1. The minimum absolute atomic E-state index is 0.0805. The fourth-order valence-electron chi connectivity index (χ4n) is 3.36. The Morgan fingerprint density at radius 1 is 1.37 bits per heavy atom. The monoisotopic (exact) mass is 262 g/mol. The molecule has 2 rings (SSSR count). The van der Waals surface area contributed by atoms with Crippen molar-refractivity contribution in [3.63, 3.8) is 0 Å². The molecule has 1 fully saturated rings. The van der Waals surface area contributed by atoms with Gasteiger partial charge in [0.05, 0.1) is 12.1 Å². The Kier molecular flexibility index (Phi) is 5.00. The van der Waals surface area contributed by atoms with Crippen LogP contribution in [0.2, 0.25) is 0 Å². The highest BCUT2D eigenvalue weighted by Gasteiger charge is 2.35. The Morgan fingerprint density at radius 3 is 2.74 bits per heavy atom. The van der Waals surface area contributed by atoms with E-state index in [0.717, 1.165) is 25.5 Å². The summed E-state index contributed by atoms with van der Waals surface area (Å²) in [7, 11) is 0. The van der Waals surface area contributed by atoms with Crippen molar-refractivity contribution in [1.29, 1.82) is 0 Å². The van der Waals surface area contributed by atoms with Crippen LogP contribution in [0.25, 0.3) is 0 Å². The van der Waals surface area contributed by atoms with Gasteiger partial charge in [0.25, 0.3) is 0 Å². The highest BCUT2D eigenvalue weighted by Crippen LogP contribution is 2.40. The summed E-state index contributed by atoms with van der Waals surface area (Å²) in [4.78, 5) is 0. The van der Waals surface area contributed by atoms with E-state index < -0.39 is 0 Å². The Hall–Kier alpha value is -0.860. The summed E-state index contributed by atoms with van der Waals surface area (Å²) in [6.45, 7) is 6.43. The van der Waals surface area contributed by atoms with E-state index in [1.807, 2.05) is 0 Å². The van der Waals surface area contributed by atoms with E-state index >= 15 is 0 Å². The Morgan fingerprint density at radius 2 is 2.11 bits per heavy atom. The van der Waals surface area contributed by atoms with E-state index in [9.17, 15) is 0 Å². The molecule has 1 aliphatic rings. The first kappa shape index (κ1) is 14.5. The molecule has 1 aromatic rings. The molecule has 1 aliphatic heterocycles. The Balaban J connectivity index is 2.15. The van der Waals surface area contributed by atoms with Gasteiger partial charge in [-0.15, -0.1) is 0 Å². The van der Waals surface area contributed by atoms with Crippen molar-refractivity contribution in [2.24, 2.45) is 5.92 Å². The lowest BCUT2D eigenvalue weighted by atomic mass is 9.74. The molecular formula is C17H28NO+. The molecule has 106 valence electrons. The fraction of sp³-hybridized carbons (Fsp3) is 0.647. The number of hydrogen-bond acceptors (Lipinski definition) is 1. The molecule has 0 aliphatic carbocycles. The topological polar surface area (TPSA) is 36.9 Å². The third-order valence-corrected chi connectivity index (χ3v) is 4.69. The van der Waals surface area contributed by atoms with Gasteiger partial charge in [0.1, 0.15) is 0 Å². The zero-order chi connectivity index (χ0) is 13.7. The van der Waals surface area contributed by atoms with Crippen LogP contribution >= 0.6 is 0 Å². The highest BCUT2D eigenvalue weighted by atomic mass is 16.5. The molecule has 3 N–H and O–H groups in total. The van der Waals surface area contributed by atoms with Crippen molar-refractivity contribution < 1.29 is 10.5 Å². The normalized spacial score (nSPS) is 29.1. The summed E-state index contributed by atoms with van der Waals surface area (Å²) in [6, 6.07) is 11.0. The minimum atomic E-state index is 0.0805. The third-order valence-electron chi connectivity index (χ3n) is 4.69. The molecule has 0 unspecified atom stereocenters. The SMILES string of the molecule is CC[C@@]1(C)C[C@@H]([C@@H](CC[NH3+])c2ccccc2)CCO1. The van der Waals surface area contributed by atoms with Crippen molar-refractivity contribution in [3.05, 3.63) is 35.9 Å². The van der Waals surface area contributed by atoms with Crippen LogP contribution in [0.3, 0.4) is 0 Å². The van der Waals surface area contributed by atoms with Gasteiger partial charge in [-0.1, -0.05) is 37.3 Å². The maximum Gasteiger partial charge on any atom is 0.0745 e. The molecule has 1 aromatic carbocycles.